The summed E-state index contributed by atoms with van der Waals surface area (Å²) in [6, 6.07) is 3.53. The standard InChI is InChI=1S/C15H20N2O3/c1-10-9-13(20-3)11(2)8-12(10)14(18)15(19)17-6-4-16-5-7-17/h8-9,16H,4-7H2,1-3H3. The molecule has 1 aromatic rings. The minimum absolute atomic E-state index is 0.417. The minimum atomic E-state index is -0.435. The lowest BCUT2D eigenvalue weighted by Crippen LogP contribution is -2.48. The van der Waals surface area contributed by atoms with Gasteiger partial charge in [-0.05, 0) is 37.1 Å². The molecule has 2 rings (SSSR count). The Morgan fingerprint density at radius 3 is 2.40 bits per heavy atom. The van der Waals surface area contributed by atoms with Gasteiger partial charge < -0.3 is 15.0 Å². The number of nitrogens with zero attached hydrogens (tertiary/aromatic N) is 1. The topological polar surface area (TPSA) is 58.6 Å². The lowest BCUT2D eigenvalue weighted by Gasteiger charge is -2.27. The zero-order valence-electron chi connectivity index (χ0n) is 12.2. The van der Waals surface area contributed by atoms with Crippen molar-refractivity contribution in [2.75, 3.05) is 33.3 Å². The number of aryl methyl sites for hydroxylation is 2. The molecule has 5 heteroatoms. The fraction of sp³-hybridized carbons (Fsp3) is 0.467. The molecule has 5 nitrogen and oxygen atoms in total. The number of hydrogen-bond acceptors (Lipinski definition) is 4. The number of amides is 1. The molecule has 0 atom stereocenters. The average molecular weight is 276 g/mol. The Balaban J connectivity index is 2.24. The number of ketones is 1. The van der Waals surface area contributed by atoms with Crippen molar-refractivity contribution in [2.24, 2.45) is 0 Å². The van der Waals surface area contributed by atoms with E-state index in [2.05, 4.69) is 5.32 Å². The van der Waals surface area contributed by atoms with Crippen LogP contribution in [0.25, 0.3) is 0 Å². The summed E-state index contributed by atoms with van der Waals surface area (Å²) in [5, 5.41) is 3.16. The van der Waals surface area contributed by atoms with Gasteiger partial charge in [-0.15, -0.1) is 0 Å². The van der Waals surface area contributed by atoms with Gasteiger partial charge in [0.1, 0.15) is 5.75 Å². The fourth-order valence-corrected chi connectivity index (χ4v) is 2.38. The summed E-state index contributed by atoms with van der Waals surface area (Å²) in [6.45, 7) is 6.32. The van der Waals surface area contributed by atoms with Gasteiger partial charge in [0, 0.05) is 31.7 Å². The predicted octanol–water partition coefficient (Wildman–Crippen LogP) is 0.927. The first-order chi connectivity index (χ1) is 9.54. The van der Waals surface area contributed by atoms with Crippen LogP contribution >= 0.6 is 0 Å². The van der Waals surface area contributed by atoms with E-state index in [-0.39, 0.29) is 0 Å². The number of piperazine rings is 1. The Morgan fingerprint density at radius 1 is 1.15 bits per heavy atom. The van der Waals surface area contributed by atoms with Crippen molar-refractivity contribution >= 4 is 11.7 Å². The van der Waals surface area contributed by atoms with Gasteiger partial charge in [-0.25, -0.2) is 0 Å². The number of ether oxygens (including phenoxy) is 1. The number of benzene rings is 1. The summed E-state index contributed by atoms with van der Waals surface area (Å²) in [5.74, 6) is -0.122. The van der Waals surface area contributed by atoms with Crippen LogP contribution in [0.1, 0.15) is 21.5 Å². The molecule has 0 aliphatic carbocycles. The van der Waals surface area contributed by atoms with Gasteiger partial charge in [0.25, 0.3) is 11.7 Å². The average Bonchev–Trinajstić information content (AvgIpc) is 2.48. The molecule has 1 fully saturated rings. The van der Waals surface area contributed by atoms with Crippen LogP contribution in [0.4, 0.5) is 0 Å². The number of hydrogen-bond donors (Lipinski definition) is 1. The van der Waals surface area contributed by atoms with E-state index in [0.29, 0.717) is 18.7 Å². The second-order valence-corrected chi connectivity index (χ2v) is 5.01. The molecule has 0 bridgehead atoms. The highest BCUT2D eigenvalue weighted by molar-refractivity contribution is 6.43. The molecular weight excluding hydrogens is 256 g/mol. The molecule has 1 aromatic carbocycles. The monoisotopic (exact) mass is 276 g/mol. The summed E-state index contributed by atoms with van der Waals surface area (Å²) in [4.78, 5) is 26.2. The fourth-order valence-electron chi connectivity index (χ4n) is 2.38. The van der Waals surface area contributed by atoms with E-state index in [9.17, 15) is 9.59 Å². The first-order valence-corrected chi connectivity index (χ1v) is 6.74. The normalized spacial score (nSPS) is 15.1. The number of methoxy groups -OCH3 is 1. The predicted molar refractivity (Wildman–Crippen MR) is 76.2 cm³/mol. The molecule has 1 saturated heterocycles. The highest BCUT2D eigenvalue weighted by atomic mass is 16.5. The minimum Gasteiger partial charge on any atom is -0.496 e. The maximum atomic E-state index is 12.4. The Hall–Kier alpha value is -1.88. The number of carbonyl (C=O) groups is 2. The van der Waals surface area contributed by atoms with Gasteiger partial charge in [-0.1, -0.05) is 0 Å². The second-order valence-electron chi connectivity index (χ2n) is 5.01. The van der Waals surface area contributed by atoms with E-state index >= 15 is 0 Å². The molecule has 1 aliphatic heterocycles. The van der Waals surface area contributed by atoms with Crippen molar-refractivity contribution in [2.45, 2.75) is 13.8 Å². The number of Topliss-reactive ketones (excluding diaryl/α,β-unsaturated/α-hetero) is 1. The molecular formula is C15H20N2O3. The van der Waals surface area contributed by atoms with Crippen molar-refractivity contribution in [1.29, 1.82) is 0 Å². The maximum Gasteiger partial charge on any atom is 0.295 e. The molecule has 0 spiro atoms. The first-order valence-electron chi connectivity index (χ1n) is 6.74. The first kappa shape index (κ1) is 14.5. The number of carbonyl (C=O) groups excluding carboxylic acids is 2. The lowest BCUT2D eigenvalue weighted by atomic mass is 10.00. The molecule has 0 saturated carbocycles. The van der Waals surface area contributed by atoms with Crippen molar-refractivity contribution in [3.8, 4) is 5.75 Å². The Morgan fingerprint density at radius 2 is 1.80 bits per heavy atom. The van der Waals surface area contributed by atoms with Crippen LogP contribution in [0.2, 0.25) is 0 Å². The van der Waals surface area contributed by atoms with Gasteiger partial charge in [-0.3, -0.25) is 9.59 Å². The Kier molecular flexibility index (Phi) is 4.39. The van der Waals surface area contributed by atoms with Gasteiger partial charge in [0.05, 0.1) is 7.11 Å². The van der Waals surface area contributed by atoms with Crippen LogP contribution in [0, 0.1) is 13.8 Å². The SMILES string of the molecule is COc1cc(C)c(C(=O)C(=O)N2CCNCC2)cc1C. The molecule has 0 radical (unpaired) electrons. The van der Waals surface area contributed by atoms with E-state index in [0.717, 1.165) is 30.0 Å². The van der Waals surface area contributed by atoms with Crippen LogP contribution < -0.4 is 10.1 Å². The van der Waals surface area contributed by atoms with E-state index in [4.69, 9.17) is 4.74 Å². The summed E-state index contributed by atoms with van der Waals surface area (Å²) in [7, 11) is 1.59. The van der Waals surface area contributed by atoms with Gasteiger partial charge in [0.2, 0.25) is 0 Å². The third-order valence-corrected chi connectivity index (χ3v) is 3.58. The quantitative estimate of drug-likeness (QED) is 0.659. The van der Waals surface area contributed by atoms with Crippen molar-refractivity contribution < 1.29 is 14.3 Å². The molecule has 0 unspecified atom stereocenters. The summed E-state index contributed by atoms with van der Waals surface area (Å²) < 4.78 is 5.22. The highest BCUT2D eigenvalue weighted by Crippen LogP contribution is 2.23. The zero-order valence-corrected chi connectivity index (χ0v) is 12.2. The smallest absolute Gasteiger partial charge is 0.295 e. The van der Waals surface area contributed by atoms with E-state index < -0.39 is 11.7 Å². The molecule has 1 N–H and O–H groups in total. The van der Waals surface area contributed by atoms with Crippen LogP contribution in [-0.2, 0) is 4.79 Å². The van der Waals surface area contributed by atoms with Crippen molar-refractivity contribution in [1.82, 2.24) is 10.2 Å². The largest absolute Gasteiger partial charge is 0.496 e. The lowest BCUT2D eigenvalue weighted by molar-refractivity contribution is -0.127. The molecule has 1 amide bonds. The molecule has 108 valence electrons. The van der Waals surface area contributed by atoms with E-state index in [1.54, 1.807) is 24.1 Å². The van der Waals surface area contributed by atoms with Gasteiger partial charge >= 0.3 is 0 Å². The zero-order chi connectivity index (χ0) is 14.7. The summed E-state index contributed by atoms with van der Waals surface area (Å²) >= 11 is 0. The molecule has 1 heterocycles. The third-order valence-electron chi connectivity index (χ3n) is 3.58. The van der Waals surface area contributed by atoms with Crippen molar-refractivity contribution in [3.63, 3.8) is 0 Å². The van der Waals surface area contributed by atoms with Crippen LogP contribution in [-0.4, -0.2) is 49.9 Å². The maximum absolute atomic E-state index is 12.4. The van der Waals surface area contributed by atoms with Crippen LogP contribution in [0.5, 0.6) is 5.75 Å². The third kappa shape index (κ3) is 2.82. The summed E-state index contributed by atoms with van der Waals surface area (Å²) in [6.07, 6.45) is 0. The highest BCUT2D eigenvalue weighted by Gasteiger charge is 2.26. The van der Waals surface area contributed by atoms with E-state index in [1.165, 1.54) is 0 Å². The molecule has 0 aromatic heterocycles. The van der Waals surface area contributed by atoms with Gasteiger partial charge in [0.15, 0.2) is 0 Å². The Labute approximate surface area is 118 Å². The van der Waals surface area contributed by atoms with Crippen LogP contribution in [0.3, 0.4) is 0 Å². The number of nitrogens with one attached hydrogen (secondary N) is 1. The van der Waals surface area contributed by atoms with E-state index in [1.807, 2.05) is 13.8 Å². The van der Waals surface area contributed by atoms with Gasteiger partial charge in [-0.2, -0.15) is 0 Å². The second kappa shape index (κ2) is 6.05. The molecule has 1 aliphatic rings. The Bertz CT molecular complexity index is 534. The van der Waals surface area contributed by atoms with Crippen LogP contribution in [0.15, 0.2) is 12.1 Å². The molecule has 20 heavy (non-hydrogen) atoms. The summed E-state index contributed by atoms with van der Waals surface area (Å²) in [5.41, 5.74) is 2.09. The number of rotatable bonds is 3. The van der Waals surface area contributed by atoms with Crippen molar-refractivity contribution in [3.05, 3.63) is 28.8 Å².